The van der Waals surface area contributed by atoms with E-state index in [0.717, 1.165) is 43.3 Å². The summed E-state index contributed by atoms with van der Waals surface area (Å²) in [7, 11) is 3.50. The molecule has 0 radical (unpaired) electrons. The van der Waals surface area contributed by atoms with Crippen LogP contribution in [0.25, 0.3) is 0 Å². The van der Waals surface area contributed by atoms with Crippen LogP contribution in [0.1, 0.15) is 62.9 Å². The molecule has 1 N–H and O–H groups in total. The molecule has 1 aromatic rings. The van der Waals surface area contributed by atoms with E-state index in [2.05, 4.69) is 19.2 Å². The molecule has 8 nitrogen and oxygen atoms in total. The summed E-state index contributed by atoms with van der Waals surface area (Å²) >= 11 is 0. The van der Waals surface area contributed by atoms with Gasteiger partial charge in [0.2, 0.25) is 11.8 Å². The molecule has 1 aromatic heterocycles. The van der Waals surface area contributed by atoms with Gasteiger partial charge in [-0.2, -0.15) is 0 Å². The molecule has 166 valence electrons. The average molecular weight is 418 g/mol. The van der Waals surface area contributed by atoms with Gasteiger partial charge < -0.3 is 19.9 Å². The molecule has 2 saturated heterocycles. The molecule has 0 spiro atoms. The monoisotopic (exact) mass is 417 g/mol. The van der Waals surface area contributed by atoms with Gasteiger partial charge in [-0.05, 0) is 18.8 Å². The van der Waals surface area contributed by atoms with Gasteiger partial charge in [0, 0.05) is 71.1 Å². The number of rotatable bonds is 8. The van der Waals surface area contributed by atoms with Crippen molar-refractivity contribution in [3.63, 3.8) is 0 Å². The lowest BCUT2D eigenvalue weighted by atomic mass is 9.94. The van der Waals surface area contributed by atoms with Crippen molar-refractivity contribution in [2.45, 2.75) is 51.4 Å². The van der Waals surface area contributed by atoms with Crippen molar-refractivity contribution in [1.82, 2.24) is 19.8 Å². The van der Waals surface area contributed by atoms with Crippen molar-refractivity contribution in [3.8, 4) is 0 Å². The Hall–Kier alpha value is -2.22. The van der Waals surface area contributed by atoms with Crippen LogP contribution < -0.4 is 5.32 Å². The molecule has 2 fully saturated rings. The number of ether oxygens (including phenoxy) is 1. The highest BCUT2D eigenvalue weighted by atomic mass is 16.5. The normalized spacial score (nSPS) is 20.3. The number of piperidine rings is 1. The Kier molecular flexibility index (Phi) is 7.64. The van der Waals surface area contributed by atoms with Gasteiger partial charge in [0.05, 0.1) is 12.3 Å². The fourth-order valence-electron chi connectivity index (χ4n) is 4.26. The summed E-state index contributed by atoms with van der Waals surface area (Å²) in [5, 5.41) is 3.14. The van der Waals surface area contributed by atoms with Crippen molar-refractivity contribution in [1.29, 1.82) is 0 Å². The minimum absolute atomic E-state index is 0.0796. The Labute approximate surface area is 179 Å². The van der Waals surface area contributed by atoms with E-state index in [9.17, 15) is 9.59 Å². The highest BCUT2D eigenvalue weighted by Crippen LogP contribution is 2.32. The zero-order chi connectivity index (χ0) is 21.7. The molecule has 1 atom stereocenters. The Morgan fingerprint density at radius 3 is 2.63 bits per heavy atom. The third-order valence-electron chi connectivity index (χ3n) is 6.01. The van der Waals surface area contributed by atoms with Crippen molar-refractivity contribution < 1.29 is 14.3 Å². The lowest BCUT2D eigenvalue weighted by Gasteiger charge is -2.32. The topological polar surface area (TPSA) is 87.7 Å². The quantitative estimate of drug-likeness (QED) is 0.698. The fourth-order valence-corrected chi connectivity index (χ4v) is 4.26. The maximum absolute atomic E-state index is 12.4. The number of nitrogens with one attached hydrogen (secondary N) is 1. The minimum Gasteiger partial charge on any atom is -0.383 e. The lowest BCUT2D eigenvalue weighted by Crippen LogP contribution is -2.38. The third-order valence-corrected chi connectivity index (χ3v) is 6.01. The number of carbonyl (C=O) groups is 2. The smallest absolute Gasteiger partial charge is 0.223 e. The van der Waals surface area contributed by atoms with Crippen LogP contribution in [0.5, 0.6) is 0 Å². The molecule has 0 aromatic carbocycles. The molecule has 30 heavy (non-hydrogen) atoms. The second-order valence-electron chi connectivity index (χ2n) is 8.77. The van der Waals surface area contributed by atoms with E-state index in [4.69, 9.17) is 14.7 Å². The van der Waals surface area contributed by atoms with E-state index in [1.165, 1.54) is 0 Å². The SMILES string of the molecule is CNc1cc([C@H]2CC(=O)N(CCOC)C2)nc(C2CCN(C(=O)CC(C)C)CC2)n1. The van der Waals surface area contributed by atoms with Crippen LogP contribution in [0.4, 0.5) is 5.82 Å². The first-order chi connectivity index (χ1) is 14.4. The zero-order valence-electron chi connectivity index (χ0n) is 18.7. The van der Waals surface area contributed by atoms with Crippen molar-refractivity contribution in [2.24, 2.45) is 5.92 Å². The summed E-state index contributed by atoms with van der Waals surface area (Å²) in [5.74, 6) is 2.71. The van der Waals surface area contributed by atoms with Gasteiger partial charge in [0.25, 0.3) is 0 Å². The first-order valence-corrected chi connectivity index (χ1v) is 11.0. The van der Waals surface area contributed by atoms with Crippen LogP contribution >= 0.6 is 0 Å². The van der Waals surface area contributed by atoms with Crippen LogP contribution in [0.3, 0.4) is 0 Å². The van der Waals surface area contributed by atoms with E-state index in [1.54, 1.807) is 7.11 Å². The van der Waals surface area contributed by atoms with Crippen molar-refractivity contribution in [2.75, 3.05) is 52.3 Å². The summed E-state index contributed by atoms with van der Waals surface area (Å²) < 4.78 is 5.12. The van der Waals surface area contributed by atoms with E-state index in [1.807, 2.05) is 22.9 Å². The Bertz CT molecular complexity index is 746. The second-order valence-corrected chi connectivity index (χ2v) is 8.77. The number of aromatic nitrogens is 2. The summed E-state index contributed by atoms with van der Waals surface area (Å²) in [5.41, 5.74) is 0.927. The Morgan fingerprint density at radius 1 is 1.27 bits per heavy atom. The molecule has 8 heteroatoms. The third kappa shape index (κ3) is 5.47. The van der Waals surface area contributed by atoms with Crippen molar-refractivity contribution >= 4 is 17.6 Å². The van der Waals surface area contributed by atoms with Gasteiger partial charge in [0.15, 0.2) is 0 Å². The number of carbonyl (C=O) groups excluding carboxylic acids is 2. The molecule has 0 aliphatic carbocycles. The first kappa shape index (κ1) is 22.5. The van der Waals surface area contributed by atoms with E-state index in [0.29, 0.717) is 38.5 Å². The number of amides is 2. The summed E-state index contributed by atoms with van der Waals surface area (Å²) in [6.07, 6.45) is 2.83. The van der Waals surface area contributed by atoms with Gasteiger partial charge in [-0.1, -0.05) is 13.8 Å². The zero-order valence-corrected chi connectivity index (χ0v) is 18.7. The molecule has 3 heterocycles. The van der Waals surface area contributed by atoms with Crippen LogP contribution in [0.15, 0.2) is 6.07 Å². The largest absolute Gasteiger partial charge is 0.383 e. The lowest BCUT2D eigenvalue weighted by molar-refractivity contribution is -0.133. The molecule has 2 aliphatic rings. The van der Waals surface area contributed by atoms with Crippen molar-refractivity contribution in [3.05, 3.63) is 17.6 Å². The summed E-state index contributed by atoms with van der Waals surface area (Å²) in [6.45, 7) is 7.50. The van der Waals surface area contributed by atoms with Gasteiger partial charge in [-0.3, -0.25) is 9.59 Å². The van der Waals surface area contributed by atoms with Crippen LogP contribution in [0.2, 0.25) is 0 Å². The van der Waals surface area contributed by atoms with Gasteiger partial charge in [-0.25, -0.2) is 9.97 Å². The predicted molar refractivity (Wildman–Crippen MR) is 115 cm³/mol. The number of nitrogens with zero attached hydrogens (tertiary/aromatic N) is 4. The Balaban J connectivity index is 1.68. The number of anilines is 1. The number of hydrogen-bond acceptors (Lipinski definition) is 6. The maximum Gasteiger partial charge on any atom is 0.223 e. The molecule has 0 bridgehead atoms. The van der Waals surface area contributed by atoms with E-state index < -0.39 is 0 Å². The fraction of sp³-hybridized carbons (Fsp3) is 0.727. The minimum atomic E-state index is 0.0796. The highest BCUT2D eigenvalue weighted by molar-refractivity contribution is 5.79. The molecular weight excluding hydrogens is 382 g/mol. The highest BCUT2D eigenvalue weighted by Gasteiger charge is 2.33. The van der Waals surface area contributed by atoms with E-state index >= 15 is 0 Å². The molecule has 2 amide bonds. The summed E-state index contributed by atoms with van der Waals surface area (Å²) in [6, 6.07) is 1.96. The first-order valence-electron chi connectivity index (χ1n) is 11.0. The Morgan fingerprint density at radius 2 is 2.00 bits per heavy atom. The average Bonchev–Trinajstić information content (AvgIpc) is 3.12. The molecule has 3 rings (SSSR count). The molecule has 0 saturated carbocycles. The second kappa shape index (κ2) is 10.2. The van der Waals surface area contributed by atoms with Gasteiger partial charge >= 0.3 is 0 Å². The van der Waals surface area contributed by atoms with Crippen LogP contribution in [0, 0.1) is 5.92 Å². The number of likely N-dealkylation sites (tertiary alicyclic amines) is 2. The number of hydrogen-bond donors (Lipinski definition) is 1. The molecular formula is C22H35N5O3. The molecule has 2 aliphatic heterocycles. The van der Waals surface area contributed by atoms with E-state index in [-0.39, 0.29) is 23.7 Å². The van der Waals surface area contributed by atoms with Crippen LogP contribution in [-0.4, -0.2) is 78.5 Å². The predicted octanol–water partition coefficient (Wildman–Crippen LogP) is 2.23. The standard InChI is InChI=1S/C22H35N5O3/c1-15(2)11-20(28)26-7-5-16(6-8-26)22-24-18(13-19(23-3)25-22)17-12-21(29)27(14-17)9-10-30-4/h13,15-17H,5-12,14H2,1-4H3,(H,23,24,25)/t17-/m0/s1. The van der Waals surface area contributed by atoms with Crippen LogP contribution in [-0.2, 0) is 14.3 Å². The van der Waals surface area contributed by atoms with Gasteiger partial charge in [0.1, 0.15) is 11.6 Å². The van der Waals surface area contributed by atoms with Gasteiger partial charge in [-0.15, -0.1) is 0 Å². The molecule has 0 unspecified atom stereocenters. The summed E-state index contributed by atoms with van der Waals surface area (Å²) in [4.78, 5) is 38.1. The maximum atomic E-state index is 12.4. The number of methoxy groups -OCH3 is 1.